The summed E-state index contributed by atoms with van der Waals surface area (Å²) in [6, 6.07) is 0. The number of carbonyl (C=O) groups excluding carboxylic acids is 4. The maximum Gasteiger partial charge on any atom is 0.431 e. The van der Waals surface area contributed by atoms with Crippen molar-refractivity contribution in [2.24, 2.45) is 0 Å². The molecule has 8 nitrogen and oxygen atoms in total. The van der Waals surface area contributed by atoms with E-state index in [-0.39, 0.29) is 6.79 Å². The summed E-state index contributed by atoms with van der Waals surface area (Å²) in [5, 5.41) is 0. The van der Waals surface area contributed by atoms with E-state index in [9.17, 15) is 19.2 Å². The summed E-state index contributed by atoms with van der Waals surface area (Å²) < 4.78 is 17.4. The first-order valence-electron chi connectivity index (χ1n) is 4.79. The van der Waals surface area contributed by atoms with E-state index in [1.165, 1.54) is 27.7 Å². The Balaban J connectivity index is 0. The zero-order chi connectivity index (χ0) is 14.6. The largest absolute Gasteiger partial charge is 0.490 e. The average Bonchev–Trinajstić information content (AvgIpc) is 2.15. The van der Waals surface area contributed by atoms with Gasteiger partial charge in [-0.25, -0.2) is 0 Å². The lowest BCUT2D eigenvalue weighted by Gasteiger charge is -1.99. The standard InChI is InChI=1S/C5H8O4.C4H8O4Si/c1-4(6)8-3-9-5(2)7;1-3(5)7-9-8-4(2)6/h3H2,1-2H3;9H2,1-2H3. The first-order valence-corrected chi connectivity index (χ1v) is 5.94. The van der Waals surface area contributed by atoms with Crippen LogP contribution in [0.15, 0.2) is 0 Å². The molecule has 0 amide bonds. The second-order valence-electron chi connectivity index (χ2n) is 2.78. The van der Waals surface area contributed by atoms with Crippen LogP contribution < -0.4 is 0 Å². The molecule has 0 heterocycles. The van der Waals surface area contributed by atoms with Crippen molar-refractivity contribution >= 4 is 33.9 Å². The molecule has 0 fully saturated rings. The van der Waals surface area contributed by atoms with Crippen LogP contribution in [0.3, 0.4) is 0 Å². The highest BCUT2D eigenvalue weighted by molar-refractivity contribution is 6.25. The Kier molecular flexibility index (Phi) is 11.9. The maximum atomic E-state index is 10.0. The molecular formula is C9H16O8Si. The van der Waals surface area contributed by atoms with Crippen LogP contribution in [0.1, 0.15) is 27.7 Å². The highest BCUT2D eigenvalue weighted by atomic mass is 28.3. The van der Waals surface area contributed by atoms with Gasteiger partial charge in [0.1, 0.15) is 0 Å². The molecule has 0 bridgehead atoms. The molecule has 0 atom stereocenters. The van der Waals surface area contributed by atoms with E-state index in [1.54, 1.807) is 0 Å². The van der Waals surface area contributed by atoms with Gasteiger partial charge in [-0.3, -0.25) is 19.2 Å². The Hall–Kier alpha value is -1.90. The van der Waals surface area contributed by atoms with Crippen molar-refractivity contribution < 1.29 is 37.5 Å². The minimum atomic E-state index is -1.38. The SMILES string of the molecule is CC(=O)OCOC(C)=O.CC(=O)O[SiH2]OC(C)=O. The third kappa shape index (κ3) is 23.7. The number of ether oxygens (including phenoxy) is 2. The van der Waals surface area contributed by atoms with E-state index >= 15 is 0 Å². The van der Waals surface area contributed by atoms with Crippen LogP contribution in [0, 0.1) is 0 Å². The van der Waals surface area contributed by atoms with E-state index < -0.39 is 33.9 Å². The highest BCUT2D eigenvalue weighted by Gasteiger charge is 1.95. The second-order valence-corrected chi connectivity index (χ2v) is 3.59. The Morgan fingerprint density at radius 2 is 1.06 bits per heavy atom. The highest BCUT2D eigenvalue weighted by Crippen LogP contribution is 1.79. The van der Waals surface area contributed by atoms with Crippen molar-refractivity contribution in [3.63, 3.8) is 0 Å². The first kappa shape index (κ1) is 18.5. The molecule has 0 N–H and O–H groups in total. The second kappa shape index (κ2) is 11.6. The summed E-state index contributed by atoms with van der Waals surface area (Å²) in [4.78, 5) is 40.1. The molecule has 0 aliphatic heterocycles. The average molecular weight is 280 g/mol. The van der Waals surface area contributed by atoms with E-state index in [0.29, 0.717) is 0 Å². The molecular weight excluding hydrogens is 264 g/mol. The number of rotatable bonds is 4. The number of esters is 2. The minimum Gasteiger partial charge on any atom is -0.490 e. The van der Waals surface area contributed by atoms with Crippen molar-refractivity contribution in [1.82, 2.24) is 0 Å². The van der Waals surface area contributed by atoms with E-state index in [2.05, 4.69) is 18.3 Å². The van der Waals surface area contributed by atoms with Gasteiger partial charge in [-0.1, -0.05) is 0 Å². The summed E-state index contributed by atoms with van der Waals surface area (Å²) >= 11 is 0. The Morgan fingerprint density at radius 1 is 0.722 bits per heavy atom. The van der Waals surface area contributed by atoms with Crippen LogP contribution in [0.4, 0.5) is 0 Å². The molecule has 9 heteroatoms. The molecule has 0 radical (unpaired) electrons. The van der Waals surface area contributed by atoms with E-state index in [4.69, 9.17) is 0 Å². The van der Waals surface area contributed by atoms with Crippen LogP contribution in [0.25, 0.3) is 0 Å². The first-order chi connectivity index (χ1) is 8.25. The van der Waals surface area contributed by atoms with Gasteiger partial charge >= 0.3 is 21.9 Å². The van der Waals surface area contributed by atoms with Crippen LogP contribution in [-0.2, 0) is 37.5 Å². The molecule has 0 aliphatic carbocycles. The Labute approximate surface area is 107 Å². The lowest BCUT2D eigenvalue weighted by atomic mass is 10.8. The molecule has 0 unspecified atom stereocenters. The fourth-order valence-corrected chi connectivity index (χ4v) is 0.782. The van der Waals surface area contributed by atoms with E-state index in [1.807, 2.05) is 0 Å². The van der Waals surface area contributed by atoms with Gasteiger partial charge in [-0.05, 0) is 0 Å². The number of hydrogen-bond donors (Lipinski definition) is 0. The van der Waals surface area contributed by atoms with Crippen LogP contribution in [0.2, 0.25) is 0 Å². The van der Waals surface area contributed by atoms with Crippen molar-refractivity contribution in [1.29, 1.82) is 0 Å². The lowest BCUT2D eigenvalue weighted by Crippen LogP contribution is -2.11. The molecule has 0 aromatic heterocycles. The molecule has 0 aliphatic rings. The molecule has 18 heavy (non-hydrogen) atoms. The summed E-state index contributed by atoms with van der Waals surface area (Å²) in [6.45, 7) is 4.74. The minimum absolute atomic E-state index is 0.287. The Bertz CT molecular complexity index is 243. The third-order valence-corrected chi connectivity index (χ3v) is 2.10. The van der Waals surface area contributed by atoms with Crippen molar-refractivity contribution in [3.05, 3.63) is 0 Å². The third-order valence-electron chi connectivity index (χ3n) is 1.05. The zero-order valence-corrected chi connectivity index (χ0v) is 12.1. The predicted molar refractivity (Wildman–Crippen MR) is 60.5 cm³/mol. The normalized spacial score (nSPS) is 8.22. The van der Waals surface area contributed by atoms with Crippen molar-refractivity contribution in [2.75, 3.05) is 6.79 Å². The molecule has 104 valence electrons. The fraction of sp³-hybridized carbons (Fsp3) is 0.556. The summed E-state index contributed by atoms with van der Waals surface area (Å²) in [5.41, 5.74) is 0. The fourth-order valence-electron chi connectivity index (χ4n) is 0.391. The van der Waals surface area contributed by atoms with Gasteiger partial charge in [0.15, 0.2) is 0 Å². The van der Waals surface area contributed by atoms with Gasteiger partial charge in [-0.15, -0.1) is 0 Å². The van der Waals surface area contributed by atoms with Gasteiger partial charge < -0.3 is 18.3 Å². The monoisotopic (exact) mass is 280 g/mol. The van der Waals surface area contributed by atoms with Crippen LogP contribution in [0.5, 0.6) is 0 Å². The smallest absolute Gasteiger partial charge is 0.431 e. The maximum absolute atomic E-state index is 10.0. The van der Waals surface area contributed by atoms with Gasteiger partial charge in [0.05, 0.1) is 0 Å². The number of carbonyl (C=O) groups is 4. The molecule has 0 aromatic carbocycles. The molecule has 0 spiro atoms. The molecule has 0 saturated heterocycles. The van der Waals surface area contributed by atoms with Crippen LogP contribution in [-0.4, -0.2) is 40.7 Å². The van der Waals surface area contributed by atoms with Crippen LogP contribution >= 0.6 is 0 Å². The van der Waals surface area contributed by atoms with E-state index in [0.717, 1.165) is 0 Å². The number of hydrogen-bond acceptors (Lipinski definition) is 8. The van der Waals surface area contributed by atoms with Gasteiger partial charge in [0, 0.05) is 27.7 Å². The summed E-state index contributed by atoms with van der Waals surface area (Å²) in [6.07, 6.45) is 0. The predicted octanol–water partition coefficient (Wildman–Crippen LogP) is -0.819. The van der Waals surface area contributed by atoms with Gasteiger partial charge in [0.25, 0.3) is 11.9 Å². The lowest BCUT2D eigenvalue weighted by molar-refractivity contribution is -0.164. The van der Waals surface area contributed by atoms with Crippen molar-refractivity contribution in [3.8, 4) is 0 Å². The molecule has 0 aromatic rings. The molecule has 0 saturated carbocycles. The van der Waals surface area contributed by atoms with Gasteiger partial charge in [-0.2, -0.15) is 0 Å². The summed E-state index contributed by atoms with van der Waals surface area (Å²) in [5.74, 6) is -1.72. The molecule has 0 rings (SSSR count). The Morgan fingerprint density at radius 3 is 1.28 bits per heavy atom. The van der Waals surface area contributed by atoms with Gasteiger partial charge in [0.2, 0.25) is 6.79 Å². The topological polar surface area (TPSA) is 105 Å². The summed E-state index contributed by atoms with van der Waals surface area (Å²) in [7, 11) is -1.38. The zero-order valence-electron chi connectivity index (χ0n) is 10.7. The van der Waals surface area contributed by atoms with Crippen molar-refractivity contribution in [2.45, 2.75) is 27.7 Å². The quantitative estimate of drug-likeness (QED) is 0.374.